The number of nitrogens with zero attached hydrogens (tertiary/aromatic N) is 1. The smallest absolute Gasteiger partial charge is 0.0275 e. The topological polar surface area (TPSA) is 29.3 Å². The van der Waals surface area contributed by atoms with E-state index in [0.29, 0.717) is 0 Å². The summed E-state index contributed by atoms with van der Waals surface area (Å²) < 4.78 is 0. The summed E-state index contributed by atoms with van der Waals surface area (Å²) in [7, 11) is 0. The highest BCUT2D eigenvalue weighted by Crippen LogP contribution is 2.25. The molecule has 1 atom stereocenters. The summed E-state index contributed by atoms with van der Waals surface area (Å²) >= 11 is 1.98. The zero-order valence-electron chi connectivity index (χ0n) is 8.34. The fourth-order valence-corrected chi connectivity index (χ4v) is 2.27. The van der Waals surface area contributed by atoms with Crippen LogP contribution in [0.1, 0.15) is 20.3 Å². The van der Waals surface area contributed by atoms with Gasteiger partial charge < -0.3 is 5.73 Å². The van der Waals surface area contributed by atoms with E-state index in [0.717, 1.165) is 11.8 Å². The largest absolute Gasteiger partial charge is 0.329 e. The Morgan fingerprint density at radius 2 is 2.25 bits per heavy atom. The van der Waals surface area contributed by atoms with Gasteiger partial charge in [-0.1, -0.05) is 0 Å². The molecule has 0 amide bonds. The van der Waals surface area contributed by atoms with E-state index >= 15 is 0 Å². The van der Waals surface area contributed by atoms with Crippen LogP contribution in [0.25, 0.3) is 0 Å². The molecule has 3 heteroatoms. The third kappa shape index (κ3) is 2.15. The van der Waals surface area contributed by atoms with Crippen LogP contribution in [0.5, 0.6) is 0 Å². The lowest BCUT2D eigenvalue weighted by atomic mass is 10.0. The monoisotopic (exact) mass is 188 g/mol. The Hall–Kier alpha value is 0.270. The van der Waals surface area contributed by atoms with Gasteiger partial charge in [0, 0.05) is 23.9 Å². The lowest BCUT2D eigenvalue weighted by Crippen LogP contribution is -2.48. The first-order valence-electron chi connectivity index (χ1n) is 4.58. The van der Waals surface area contributed by atoms with Gasteiger partial charge in [-0.2, -0.15) is 11.8 Å². The van der Waals surface area contributed by atoms with Crippen molar-refractivity contribution in [3.8, 4) is 0 Å². The van der Waals surface area contributed by atoms with Crippen LogP contribution in [-0.2, 0) is 0 Å². The number of rotatable bonds is 3. The van der Waals surface area contributed by atoms with Crippen LogP contribution in [0, 0.1) is 0 Å². The predicted molar refractivity (Wildman–Crippen MR) is 56.6 cm³/mol. The van der Waals surface area contributed by atoms with Crippen LogP contribution >= 0.6 is 11.8 Å². The molecule has 0 saturated carbocycles. The van der Waals surface area contributed by atoms with E-state index in [4.69, 9.17) is 5.73 Å². The minimum absolute atomic E-state index is 0.199. The molecule has 0 radical (unpaired) electrons. The summed E-state index contributed by atoms with van der Waals surface area (Å²) in [6, 6.07) is 0. The number of nitrogens with two attached hydrogens (primary N) is 1. The Labute approximate surface area is 79.9 Å². The standard InChI is InChI=1S/C9H20N2S/c1-9(2,7-10)11-5-4-8(6-11)12-3/h8H,4-7,10H2,1-3H3. The first-order valence-corrected chi connectivity index (χ1v) is 5.87. The highest BCUT2D eigenvalue weighted by atomic mass is 32.2. The van der Waals surface area contributed by atoms with Gasteiger partial charge in [-0.05, 0) is 33.1 Å². The van der Waals surface area contributed by atoms with Crippen LogP contribution < -0.4 is 5.73 Å². The fourth-order valence-electron chi connectivity index (χ4n) is 1.60. The summed E-state index contributed by atoms with van der Waals surface area (Å²) in [5.41, 5.74) is 5.92. The van der Waals surface area contributed by atoms with Crippen LogP contribution in [0.15, 0.2) is 0 Å². The maximum Gasteiger partial charge on any atom is 0.0275 e. The highest BCUT2D eigenvalue weighted by molar-refractivity contribution is 7.99. The Morgan fingerprint density at radius 1 is 1.58 bits per heavy atom. The van der Waals surface area contributed by atoms with Gasteiger partial charge in [0.15, 0.2) is 0 Å². The molecule has 1 aliphatic rings. The molecule has 0 aromatic rings. The normalized spacial score (nSPS) is 26.5. The van der Waals surface area contributed by atoms with Crippen molar-refractivity contribution < 1.29 is 0 Å². The van der Waals surface area contributed by atoms with Crippen molar-refractivity contribution in [3.63, 3.8) is 0 Å². The Bertz CT molecular complexity index is 147. The Balaban J connectivity index is 2.46. The van der Waals surface area contributed by atoms with E-state index in [2.05, 4.69) is 25.0 Å². The van der Waals surface area contributed by atoms with Crippen LogP contribution in [0.2, 0.25) is 0 Å². The molecule has 0 aromatic carbocycles. The predicted octanol–water partition coefficient (Wildman–Crippen LogP) is 1.16. The number of hydrogen-bond donors (Lipinski definition) is 1. The number of thioether (sulfide) groups is 1. The fraction of sp³-hybridized carbons (Fsp3) is 1.00. The van der Waals surface area contributed by atoms with Crippen molar-refractivity contribution in [2.75, 3.05) is 25.9 Å². The number of hydrogen-bond acceptors (Lipinski definition) is 3. The van der Waals surface area contributed by atoms with E-state index in [-0.39, 0.29) is 5.54 Å². The van der Waals surface area contributed by atoms with E-state index in [9.17, 15) is 0 Å². The molecular weight excluding hydrogens is 168 g/mol. The SMILES string of the molecule is CSC1CCN(C(C)(C)CN)C1. The van der Waals surface area contributed by atoms with Gasteiger partial charge in [-0.25, -0.2) is 0 Å². The van der Waals surface area contributed by atoms with Crippen molar-refractivity contribution in [2.45, 2.75) is 31.1 Å². The van der Waals surface area contributed by atoms with E-state index in [1.165, 1.54) is 19.5 Å². The van der Waals surface area contributed by atoms with E-state index < -0.39 is 0 Å². The minimum Gasteiger partial charge on any atom is -0.329 e. The zero-order chi connectivity index (χ0) is 9.19. The molecule has 0 aliphatic carbocycles. The average Bonchev–Trinajstić information content (AvgIpc) is 2.52. The van der Waals surface area contributed by atoms with Crippen LogP contribution in [0.3, 0.4) is 0 Å². The molecule has 1 saturated heterocycles. The molecule has 1 aliphatic heterocycles. The van der Waals surface area contributed by atoms with Gasteiger partial charge in [-0.3, -0.25) is 4.90 Å². The maximum atomic E-state index is 5.72. The zero-order valence-corrected chi connectivity index (χ0v) is 9.16. The summed E-state index contributed by atoms with van der Waals surface area (Å²) in [6.07, 6.45) is 3.52. The highest BCUT2D eigenvalue weighted by Gasteiger charge is 2.31. The third-order valence-electron chi connectivity index (χ3n) is 2.83. The van der Waals surface area contributed by atoms with Gasteiger partial charge in [0.2, 0.25) is 0 Å². The summed E-state index contributed by atoms with van der Waals surface area (Å²) in [4.78, 5) is 2.51. The third-order valence-corrected chi connectivity index (χ3v) is 3.89. The first-order chi connectivity index (χ1) is 5.60. The lowest BCUT2D eigenvalue weighted by molar-refractivity contribution is 0.163. The lowest BCUT2D eigenvalue weighted by Gasteiger charge is -2.34. The summed E-state index contributed by atoms with van der Waals surface area (Å²) in [5, 5.41) is 0.829. The van der Waals surface area contributed by atoms with Crippen molar-refractivity contribution in [1.82, 2.24) is 4.90 Å². The quantitative estimate of drug-likeness (QED) is 0.721. The Kier molecular flexibility index (Phi) is 3.44. The van der Waals surface area contributed by atoms with E-state index in [1.807, 2.05) is 11.8 Å². The van der Waals surface area contributed by atoms with Crippen molar-refractivity contribution >= 4 is 11.8 Å². The molecule has 2 nitrogen and oxygen atoms in total. The van der Waals surface area contributed by atoms with Gasteiger partial charge in [-0.15, -0.1) is 0 Å². The molecule has 1 rings (SSSR count). The molecule has 0 spiro atoms. The van der Waals surface area contributed by atoms with Crippen LogP contribution in [-0.4, -0.2) is 41.6 Å². The second kappa shape index (κ2) is 3.99. The first kappa shape index (κ1) is 10.4. The molecule has 1 fully saturated rings. The van der Waals surface area contributed by atoms with Crippen molar-refractivity contribution in [2.24, 2.45) is 5.73 Å². The van der Waals surface area contributed by atoms with Crippen LogP contribution in [0.4, 0.5) is 0 Å². The van der Waals surface area contributed by atoms with Gasteiger partial charge in [0.05, 0.1) is 0 Å². The molecule has 12 heavy (non-hydrogen) atoms. The maximum absolute atomic E-state index is 5.72. The number of likely N-dealkylation sites (tertiary alicyclic amines) is 1. The Morgan fingerprint density at radius 3 is 2.67 bits per heavy atom. The van der Waals surface area contributed by atoms with Crippen molar-refractivity contribution in [1.29, 1.82) is 0 Å². The van der Waals surface area contributed by atoms with E-state index in [1.54, 1.807) is 0 Å². The summed E-state index contributed by atoms with van der Waals surface area (Å²) in [6.45, 7) is 7.65. The average molecular weight is 188 g/mol. The second-order valence-corrected chi connectivity index (χ2v) is 5.25. The summed E-state index contributed by atoms with van der Waals surface area (Å²) in [5.74, 6) is 0. The second-order valence-electron chi connectivity index (χ2n) is 4.11. The molecule has 1 heterocycles. The molecular formula is C9H20N2S. The minimum atomic E-state index is 0.199. The molecule has 72 valence electrons. The van der Waals surface area contributed by atoms with Crippen molar-refractivity contribution in [3.05, 3.63) is 0 Å². The molecule has 0 bridgehead atoms. The molecule has 2 N–H and O–H groups in total. The molecule has 0 aromatic heterocycles. The van der Waals surface area contributed by atoms with Gasteiger partial charge >= 0.3 is 0 Å². The van der Waals surface area contributed by atoms with Gasteiger partial charge in [0.1, 0.15) is 0 Å². The molecule has 1 unspecified atom stereocenters. The van der Waals surface area contributed by atoms with Gasteiger partial charge in [0.25, 0.3) is 0 Å².